The largest absolute Gasteiger partial charge is 0.473 e. The summed E-state index contributed by atoms with van der Waals surface area (Å²) in [4.78, 5) is 7.33. The maximum atomic E-state index is 6.17. The van der Waals surface area contributed by atoms with Crippen molar-refractivity contribution in [1.29, 1.82) is 0 Å². The molecule has 25 heavy (non-hydrogen) atoms. The maximum absolute atomic E-state index is 6.17. The van der Waals surface area contributed by atoms with Gasteiger partial charge in [-0.15, -0.1) is 0 Å². The molecule has 2 aromatic carbocycles. The molecule has 0 aliphatic carbocycles. The van der Waals surface area contributed by atoms with Gasteiger partial charge >= 0.3 is 0 Å². The molecule has 0 unspecified atom stereocenters. The Balaban J connectivity index is 1.73. The number of hydrogen-bond acceptors (Lipinski definition) is 3. The third-order valence-electron chi connectivity index (χ3n) is 4.91. The number of rotatable bonds is 2. The minimum absolute atomic E-state index is 0.125. The summed E-state index contributed by atoms with van der Waals surface area (Å²) in [5.74, 6) is 0.796. The van der Waals surface area contributed by atoms with Gasteiger partial charge in [0.05, 0.1) is 5.52 Å². The van der Waals surface area contributed by atoms with Crippen molar-refractivity contribution in [1.82, 2.24) is 9.88 Å². The Kier molecular flexibility index (Phi) is 4.18. The number of aromatic nitrogens is 1. The van der Waals surface area contributed by atoms with Gasteiger partial charge in [0, 0.05) is 30.6 Å². The van der Waals surface area contributed by atoms with Gasteiger partial charge in [-0.05, 0) is 43.5 Å². The Bertz CT molecular complexity index is 905. The highest BCUT2D eigenvalue weighted by atomic mass is 16.5. The van der Waals surface area contributed by atoms with Gasteiger partial charge in [0.25, 0.3) is 0 Å². The molecule has 4 rings (SSSR count). The van der Waals surface area contributed by atoms with E-state index in [4.69, 9.17) is 9.72 Å². The smallest absolute Gasteiger partial charge is 0.218 e. The Hall–Kier alpha value is -2.39. The van der Waals surface area contributed by atoms with Crippen molar-refractivity contribution in [3.63, 3.8) is 0 Å². The van der Waals surface area contributed by atoms with Crippen molar-refractivity contribution >= 4 is 10.9 Å². The standard InChI is InChI=1S/C22H24N2O/c1-15-9-10-16(2)21-20(15)11-19-14-24(12-17(3)25-22(19)23-21)13-18-7-5-4-6-8-18/h4-11,17H,12-14H2,1-3H3/t17-/m1/s1. The number of benzene rings is 2. The summed E-state index contributed by atoms with van der Waals surface area (Å²) in [5.41, 5.74) is 6.04. The summed E-state index contributed by atoms with van der Waals surface area (Å²) < 4.78 is 6.17. The lowest BCUT2D eigenvalue weighted by Gasteiger charge is -2.21. The topological polar surface area (TPSA) is 25.4 Å². The molecule has 128 valence electrons. The Labute approximate surface area is 149 Å². The highest BCUT2D eigenvalue weighted by Gasteiger charge is 2.22. The van der Waals surface area contributed by atoms with Crippen LogP contribution in [0.2, 0.25) is 0 Å². The van der Waals surface area contributed by atoms with Crippen LogP contribution < -0.4 is 4.74 Å². The molecule has 0 fully saturated rings. The lowest BCUT2D eigenvalue weighted by molar-refractivity contribution is 0.153. The molecule has 0 saturated heterocycles. The molecule has 2 heterocycles. The summed E-state index contributed by atoms with van der Waals surface area (Å²) in [7, 11) is 0. The maximum Gasteiger partial charge on any atom is 0.218 e. The number of nitrogens with zero attached hydrogens (tertiary/aromatic N) is 2. The van der Waals surface area contributed by atoms with Crippen LogP contribution in [-0.4, -0.2) is 22.5 Å². The molecule has 3 heteroatoms. The zero-order chi connectivity index (χ0) is 17.4. The van der Waals surface area contributed by atoms with Crippen molar-refractivity contribution < 1.29 is 4.74 Å². The van der Waals surface area contributed by atoms with Crippen molar-refractivity contribution in [3.05, 3.63) is 70.8 Å². The first-order valence-corrected chi connectivity index (χ1v) is 8.93. The summed E-state index contributed by atoms with van der Waals surface area (Å²) >= 11 is 0. The number of hydrogen-bond donors (Lipinski definition) is 0. The summed E-state index contributed by atoms with van der Waals surface area (Å²) in [6.07, 6.45) is 0.125. The van der Waals surface area contributed by atoms with Gasteiger partial charge in [-0.25, -0.2) is 4.98 Å². The molecule has 1 aliphatic rings. The van der Waals surface area contributed by atoms with Gasteiger partial charge < -0.3 is 4.74 Å². The van der Waals surface area contributed by atoms with E-state index in [9.17, 15) is 0 Å². The van der Waals surface area contributed by atoms with E-state index in [1.807, 2.05) is 0 Å². The van der Waals surface area contributed by atoms with Gasteiger partial charge in [-0.3, -0.25) is 4.90 Å². The van der Waals surface area contributed by atoms with E-state index < -0.39 is 0 Å². The first kappa shape index (κ1) is 16.1. The predicted octanol–water partition coefficient (Wildman–Crippen LogP) is 4.63. The number of aryl methyl sites for hydroxylation is 2. The van der Waals surface area contributed by atoms with Crippen molar-refractivity contribution in [3.8, 4) is 5.88 Å². The van der Waals surface area contributed by atoms with Crippen LogP contribution in [0.15, 0.2) is 48.5 Å². The average Bonchev–Trinajstić information content (AvgIpc) is 2.75. The molecular formula is C22H24N2O. The predicted molar refractivity (Wildman–Crippen MR) is 102 cm³/mol. The second-order valence-electron chi connectivity index (χ2n) is 7.13. The van der Waals surface area contributed by atoms with Gasteiger partial charge in [-0.1, -0.05) is 42.5 Å². The molecule has 3 aromatic rings. The highest BCUT2D eigenvalue weighted by Crippen LogP contribution is 2.30. The molecule has 1 aliphatic heterocycles. The number of ether oxygens (including phenoxy) is 1. The van der Waals surface area contributed by atoms with Crippen LogP contribution in [0.4, 0.5) is 0 Å². The third kappa shape index (κ3) is 3.24. The molecule has 0 radical (unpaired) electrons. The minimum Gasteiger partial charge on any atom is -0.473 e. The van der Waals surface area contributed by atoms with Gasteiger partial charge in [0.15, 0.2) is 0 Å². The van der Waals surface area contributed by atoms with E-state index >= 15 is 0 Å². The molecular weight excluding hydrogens is 308 g/mol. The van der Waals surface area contributed by atoms with Crippen molar-refractivity contribution in [2.24, 2.45) is 0 Å². The summed E-state index contributed by atoms with van der Waals surface area (Å²) in [5, 5.41) is 1.23. The van der Waals surface area contributed by atoms with Crippen LogP contribution in [0.5, 0.6) is 5.88 Å². The van der Waals surface area contributed by atoms with E-state index in [0.29, 0.717) is 0 Å². The van der Waals surface area contributed by atoms with Crippen LogP contribution in [0.3, 0.4) is 0 Å². The van der Waals surface area contributed by atoms with Crippen LogP contribution in [0.25, 0.3) is 10.9 Å². The van der Waals surface area contributed by atoms with E-state index in [-0.39, 0.29) is 6.10 Å². The molecule has 0 saturated carbocycles. The van der Waals surface area contributed by atoms with Crippen molar-refractivity contribution in [2.45, 2.75) is 40.0 Å². The fourth-order valence-electron chi connectivity index (χ4n) is 3.63. The van der Waals surface area contributed by atoms with Crippen LogP contribution in [-0.2, 0) is 13.1 Å². The molecule has 1 aromatic heterocycles. The molecule has 1 atom stereocenters. The van der Waals surface area contributed by atoms with Gasteiger partial charge in [0.2, 0.25) is 5.88 Å². The fraction of sp³-hybridized carbons (Fsp3) is 0.318. The lowest BCUT2D eigenvalue weighted by Crippen LogP contribution is -2.30. The SMILES string of the molecule is Cc1ccc(C)c2nc3c(cc12)CN(Cc1ccccc1)C[C@@H](C)O3. The second kappa shape index (κ2) is 6.49. The summed E-state index contributed by atoms with van der Waals surface area (Å²) in [6.45, 7) is 9.09. The van der Waals surface area contributed by atoms with E-state index in [2.05, 4.69) is 74.2 Å². The first-order valence-electron chi connectivity index (χ1n) is 8.93. The zero-order valence-corrected chi connectivity index (χ0v) is 15.1. The number of fused-ring (bicyclic) bond motifs is 2. The van der Waals surface area contributed by atoms with Crippen LogP contribution in [0.1, 0.15) is 29.2 Å². The normalized spacial score (nSPS) is 17.8. The fourth-order valence-corrected chi connectivity index (χ4v) is 3.63. The minimum atomic E-state index is 0.125. The average molecular weight is 332 g/mol. The van der Waals surface area contributed by atoms with Gasteiger partial charge in [-0.2, -0.15) is 0 Å². The number of pyridine rings is 1. The zero-order valence-electron chi connectivity index (χ0n) is 15.1. The summed E-state index contributed by atoms with van der Waals surface area (Å²) in [6, 6.07) is 17.2. The van der Waals surface area contributed by atoms with Crippen molar-refractivity contribution in [2.75, 3.05) is 6.54 Å². The Morgan fingerprint density at radius 2 is 1.84 bits per heavy atom. The quantitative estimate of drug-likeness (QED) is 0.684. The lowest BCUT2D eigenvalue weighted by atomic mass is 10.0. The third-order valence-corrected chi connectivity index (χ3v) is 4.91. The monoisotopic (exact) mass is 332 g/mol. The first-order chi connectivity index (χ1) is 12.1. The van der Waals surface area contributed by atoms with Crippen LogP contribution >= 0.6 is 0 Å². The van der Waals surface area contributed by atoms with E-state index in [1.165, 1.54) is 27.6 Å². The molecule has 0 bridgehead atoms. The molecule has 0 N–H and O–H groups in total. The highest BCUT2D eigenvalue weighted by molar-refractivity contribution is 5.86. The van der Waals surface area contributed by atoms with E-state index in [0.717, 1.165) is 31.0 Å². The molecule has 0 spiro atoms. The second-order valence-corrected chi connectivity index (χ2v) is 7.13. The molecule has 3 nitrogen and oxygen atoms in total. The Morgan fingerprint density at radius 1 is 1.08 bits per heavy atom. The Morgan fingerprint density at radius 3 is 2.64 bits per heavy atom. The van der Waals surface area contributed by atoms with E-state index in [1.54, 1.807) is 0 Å². The van der Waals surface area contributed by atoms with Crippen LogP contribution in [0, 0.1) is 13.8 Å². The molecule has 0 amide bonds. The van der Waals surface area contributed by atoms with Gasteiger partial charge in [0.1, 0.15) is 6.10 Å².